The van der Waals surface area contributed by atoms with E-state index < -0.39 is 22.5 Å². The number of thiocarbonyl (C=S) groups is 1. The van der Waals surface area contributed by atoms with Gasteiger partial charge in [0, 0.05) is 0 Å². The van der Waals surface area contributed by atoms with Crippen molar-refractivity contribution in [3.8, 4) is 0 Å². The number of nitrogens with zero attached hydrogens (tertiary/aromatic N) is 2. The summed E-state index contributed by atoms with van der Waals surface area (Å²) in [6.07, 6.45) is -3.42. The molecule has 2 N–H and O–H groups in total. The lowest BCUT2D eigenvalue weighted by molar-refractivity contribution is -0.402. The summed E-state index contributed by atoms with van der Waals surface area (Å²) in [5, 5.41) is 16.5. The minimum Gasteiger partial charge on any atom is -0.400 e. The predicted molar refractivity (Wildman–Crippen MR) is 88.8 cm³/mol. The Morgan fingerprint density at radius 3 is 2.68 bits per heavy atom. The van der Waals surface area contributed by atoms with Crippen molar-refractivity contribution in [1.82, 2.24) is 5.43 Å². The molecule has 0 atom stereocenters. The molecule has 0 amide bonds. The van der Waals surface area contributed by atoms with Crippen LogP contribution in [0.1, 0.15) is 11.3 Å². The SMILES string of the molecule is O=[N+]([O-])c1ccc(/C=N\NC(=S)Nc2cc(C(F)(F)F)ccc2Cl)o1. The number of alkyl halides is 3. The highest BCUT2D eigenvalue weighted by Crippen LogP contribution is 2.33. The summed E-state index contributed by atoms with van der Waals surface area (Å²) < 4.78 is 42.9. The molecule has 2 aromatic rings. The van der Waals surface area contributed by atoms with Gasteiger partial charge in [-0.15, -0.1) is 0 Å². The first kappa shape index (κ1) is 18.7. The summed E-state index contributed by atoms with van der Waals surface area (Å²) in [6.45, 7) is 0. The molecule has 132 valence electrons. The van der Waals surface area contributed by atoms with Gasteiger partial charge in [-0.2, -0.15) is 18.3 Å². The number of furan rings is 1. The van der Waals surface area contributed by atoms with Gasteiger partial charge in [-0.25, -0.2) is 0 Å². The molecule has 0 aliphatic rings. The highest BCUT2D eigenvalue weighted by molar-refractivity contribution is 7.80. The molecule has 0 unspecified atom stereocenters. The van der Waals surface area contributed by atoms with Gasteiger partial charge in [-0.05, 0) is 36.5 Å². The van der Waals surface area contributed by atoms with Crippen LogP contribution >= 0.6 is 23.8 Å². The van der Waals surface area contributed by atoms with Gasteiger partial charge in [0.2, 0.25) is 0 Å². The average molecular weight is 393 g/mol. The molecular formula is C13H8ClF3N4O3S. The molecule has 0 saturated heterocycles. The second-order valence-corrected chi connectivity index (χ2v) is 5.27. The third-order valence-corrected chi connectivity index (χ3v) is 3.22. The third-order valence-electron chi connectivity index (χ3n) is 2.69. The zero-order chi connectivity index (χ0) is 18.6. The second-order valence-electron chi connectivity index (χ2n) is 4.45. The van der Waals surface area contributed by atoms with Gasteiger partial charge < -0.3 is 9.73 Å². The first-order chi connectivity index (χ1) is 11.7. The summed E-state index contributed by atoms with van der Waals surface area (Å²) in [7, 11) is 0. The number of hydrogen-bond acceptors (Lipinski definition) is 5. The van der Waals surface area contributed by atoms with E-state index in [2.05, 4.69) is 15.8 Å². The summed E-state index contributed by atoms with van der Waals surface area (Å²) in [5.74, 6) is -0.378. The van der Waals surface area contributed by atoms with Crippen molar-refractivity contribution in [1.29, 1.82) is 0 Å². The second kappa shape index (κ2) is 7.49. The maximum atomic E-state index is 12.7. The van der Waals surface area contributed by atoms with Crippen LogP contribution in [0.5, 0.6) is 0 Å². The smallest absolute Gasteiger partial charge is 0.400 e. The van der Waals surface area contributed by atoms with E-state index in [-0.39, 0.29) is 21.6 Å². The van der Waals surface area contributed by atoms with Crippen LogP contribution in [0.3, 0.4) is 0 Å². The van der Waals surface area contributed by atoms with Crippen LogP contribution in [0.2, 0.25) is 5.02 Å². The summed E-state index contributed by atoms with van der Waals surface area (Å²) in [5.41, 5.74) is 1.37. The molecule has 25 heavy (non-hydrogen) atoms. The number of anilines is 1. The van der Waals surface area contributed by atoms with Crippen LogP contribution in [0, 0.1) is 10.1 Å². The molecule has 12 heteroatoms. The Kier molecular flexibility index (Phi) is 5.59. The van der Waals surface area contributed by atoms with E-state index in [1.165, 1.54) is 6.07 Å². The predicted octanol–water partition coefficient (Wildman–Crippen LogP) is 4.18. The van der Waals surface area contributed by atoms with Crippen molar-refractivity contribution in [2.45, 2.75) is 6.18 Å². The fraction of sp³-hybridized carbons (Fsp3) is 0.0769. The highest BCUT2D eigenvalue weighted by atomic mass is 35.5. The third kappa shape index (κ3) is 5.16. The van der Waals surface area contributed by atoms with E-state index in [1.807, 2.05) is 0 Å². The summed E-state index contributed by atoms with van der Waals surface area (Å²) in [4.78, 5) is 9.74. The van der Waals surface area contributed by atoms with Gasteiger partial charge in [-0.1, -0.05) is 11.6 Å². The Labute approximate surface area is 148 Å². The Balaban J connectivity index is 2.00. The lowest BCUT2D eigenvalue weighted by Gasteiger charge is -2.12. The van der Waals surface area contributed by atoms with E-state index >= 15 is 0 Å². The van der Waals surface area contributed by atoms with Gasteiger partial charge in [-0.3, -0.25) is 15.5 Å². The van der Waals surface area contributed by atoms with Crippen LogP contribution in [0.25, 0.3) is 0 Å². The lowest BCUT2D eigenvalue weighted by atomic mass is 10.2. The molecule has 1 heterocycles. The first-order valence-corrected chi connectivity index (χ1v) is 7.16. The van der Waals surface area contributed by atoms with Gasteiger partial charge in [0.05, 0.1) is 28.6 Å². The molecule has 2 rings (SSSR count). The normalized spacial score (nSPS) is 11.5. The minimum absolute atomic E-state index is 0.0304. The number of halogens is 4. The number of nitrogens with one attached hydrogen (secondary N) is 2. The van der Waals surface area contributed by atoms with Crippen molar-refractivity contribution in [3.05, 3.63) is 56.8 Å². The van der Waals surface area contributed by atoms with Crippen molar-refractivity contribution in [3.63, 3.8) is 0 Å². The zero-order valence-electron chi connectivity index (χ0n) is 12.0. The quantitative estimate of drug-likeness (QED) is 0.351. The van der Waals surface area contributed by atoms with Gasteiger partial charge >= 0.3 is 12.1 Å². The summed E-state index contributed by atoms with van der Waals surface area (Å²) >= 11 is 10.7. The largest absolute Gasteiger partial charge is 0.433 e. The van der Waals surface area contributed by atoms with Crippen LogP contribution < -0.4 is 10.7 Å². The van der Waals surface area contributed by atoms with E-state index in [4.69, 9.17) is 28.2 Å². The van der Waals surface area contributed by atoms with Crippen LogP contribution in [0.15, 0.2) is 39.9 Å². The van der Waals surface area contributed by atoms with Crippen molar-refractivity contribution < 1.29 is 22.5 Å². The molecule has 0 saturated carbocycles. The molecule has 0 bridgehead atoms. The maximum absolute atomic E-state index is 12.7. The number of nitro groups is 1. The van der Waals surface area contributed by atoms with Crippen molar-refractivity contribution in [2.75, 3.05) is 5.32 Å². The molecule has 0 aliphatic heterocycles. The van der Waals surface area contributed by atoms with Crippen LogP contribution in [-0.2, 0) is 6.18 Å². The Hall–Kier alpha value is -2.66. The van der Waals surface area contributed by atoms with Crippen LogP contribution in [-0.4, -0.2) is 16.3 Å². The fourth-order valence-corrected chi connectivity index (χ4v) is 1.94. The molecule has 0 fully saturated rings. The highest BCUT2D eigenvalue weighted by Gasteiger charge is 2.31. The molecular weight excluding hydrogens is 385 g/mol. The van der Waals surface area contributed by atoms with Crippen molar-refractivity contribution in [2.24, 2.45) is 5.10 Å². The monoisotopic (exact) mass is 392 g/mol. The molecule has 1 aromatic heterocycles. The van der Waals surface area contributed by atoms with Gasteiger partial charge in [0.25, 0.3) is 0 Å². The van der Waals surface area contributed by atoms with Gasteiger partial charge in [0.15, 0.2) is 10.9 Å². The zero-order valence-corrected chi connectivity index (χ0v) is 13.6. The molecule has 0 radical (unpaired) electrons. The standard InChI is InChI=1S/C13H8ClF3N4O3S/c14-9-3-1-7(13(15,16)17)5-10(9)19-12(25)20-18-6-8-2-4-11(24-8)21(22)23/h1-6H,(H2,19,20,25)/b18-6-. The molecule has 0 aliphatic carbocycles. The van der Waals surface area contributed by atoms with E-state index in [0.717, 1.165) is 30.5 Å². The van der Waals surface area contributed by atoms with Crippen LogP contribution in [0.4, 0.5) is 24.7 Å². The number of hydrogen-bond donors (Lipinski definition) is 2. The minimum atomic E-state index is -4.53. The van der Waals surface area contributed by atoms with E-state index in [0.29, 0.717) is 0 Å². The Morgan fingerprint density at radius 2 is 2.08 bits per heavy atom. The Bertz CT molecular complexity index is 838. The topological polar surface area (TPSA) is 92.7 Å². The van der Waals surface area contributed by atoms with Crippen molar-refractivity contribution >= 4 is 46.7 Å². The number of rotatable bonds is 4. The first-order valence-electron chi connectivity index (χ1n) is 6.38. The molecule has 0 spiro atoms. The maximum Gasteiger partial charge on any atom is 0.433 e. The molecule has 1 aromatic carbocycles. The summed E-state index contributed by atoms with van der Waals surface area (Å²) in [6, 6.07) is 5.17. The Morgan fingerprint density at radius 1 is 1.36 bits per heavy atom. The van der Waals surface area contributed by atoms with E-state index in [9.17, 15) is 23.3 Å². The lowest BCUT2D eigenvalue weighted by Crippen LogP contribution is -2.24. The number of benzene rings is 1. The fourth-order valence-electron chi connectivity index (χ4n) is 1.61. The molecule has 7 nitrogen and oxygen atoms in total. The average Bonchev–Trinajstić information content (AvgIpc) is 2.97. The van der Waals surface area contributed by atoms with E-state index in [1.54, 1.807) is 0 Å². The van der Waals surface area contributed by atoms with Gasteiger partial charge in [0.1, 0.15) is 4.92 Å². The number of hydrazone groups is 1.